The van der Waals surface area contributed by atoms with Crippen LogP contribution >= 0.6 is 11.5 Å². The Bertz CT molecular complexity index is 852. The minimum atomic E-state index is -5.04. The van der Waals surface area contributed by atoms with Gasteiger partial charge >= 0.3 is 12.4 Å². The van der Waals surface area contributed by atoms with Gasteiger partial charge in [0.2, 0.25) is 5.88 Å². The van der Waals surface area contributed by atoms with Gasteiger partial charge in [0.25, 0.3) is 0 Å². The van der Waals surface area contributed by atoms with Crippen LogP contribution in [0.25, 0.3) is 0 Å². The quantitative estimate of drug-likeness (QED) is 0.232. The number of nitrogens with one attached hydrogen (secondary N) is 3. The summed E-state index contributed by atoms with van der Waals surface area (Å²) in [6, 6.07) is 0.862. The van der Waals surface area contributed by atoms with E-state index in [0.717, 1.165) is 0 Å². The van der Waals surface area contributed by atoms with E-state index in [0.29, 0.717) is 23.7 Å². The second-order valence-electron chi connectivity index (χ2n) is 5.72. The normalized spacial score (nSPS) is 13.2. The second kappa shape index (κ2) is 8.42. The Balaban J connectivity index is 2.38. The topological polar surface area (TPSA) is 121 Å². The molecule has 0 saturated heterocycles. The van der Waals surface area contributed by atoms with Crippen molar-refractivity contribution in [2.75, 3.05) is 18.5 Å². The molecule has 6 N–H and O–H groups in total. The third kappa shape index (κ3) is 5.71. The lowest BCUT2D eigenvalue weighted by Gasteiger charge is -2.16. The van der Waals surface area contributed by atoms with E-state index in [4.69, 9.17) is 10.5 Å². The third-order valence-corrected chi connectivity index (χ3v) is 4.25. The summed E-state index contributed by atoms with van der Waals surface area (Å²) in [6.45, 7) is -0.921. The first-order chi connectivity index (χ1) is 13.3. The Hall–Kier alpha value is -2.58. The predicted molar refractivity (Wildman–Crippen MR) is 91.4 cm³/mol. The van der Waals surface area contributed by atoms with Crippen LogP contribution in [0, 0.1) is 5.41 Å². The largest absolute Gasteiger partial charge is 0.492 e. The van der Waals surface area contributed by atoms with Crippen molar-refractivity contribution < 1.29 is 41.7 Å². The van der Waals surface area contributed by atoms with Crippen molar-refractivity contribution in [1.82, 2.24) is 9.69 Å². The highest BCUT2D eigenvalue weighted by atomic mass is 32.1. The van der Waals surface area contributed by atoms with Gasteiger partial charge in [0.1, 0.15) is 16.4 Å². The zero-order valence-corrected chi connectivity index (χ0v) is 15.0. The molecule has 1 unspecified atom stereocenters. The molecule has 29 heavy (non-hydrogen) atoms. The van der Waals surface area contributed by atoms with Crippen molar-refractivity contribution in [2.24, 2.45) is 0 Å². The van der Waals surface area contributed by atoms with E-state index in [1.54, 1.807) is 0 Å². The van der Waals surface area contributed by atoms with Gasteiger partial charge in [0, 0.05) is 12.2 Å². The summed E-state index contributed by atoms with van der Waals surface area (Å²) in [5.41, 5.74) is -3.99. The minimum absolute atomic E-state index is 0.0316. The minimum Gasteiger partial charge on any atom is -0.492 e. The summed E-state index contributed by atoms with van der Waals surface area (Å²) < 4.78 is 81.3. The molecule has 2 aromatic rings. The lowest BCUT2D eigenvalue weighted by Crippen LogP contribution is -2.34. The van der Waals surface area contributed by atoms with Crippen molar-refractivity contribution in [3.8, 4) is 5.88 Å². The third-order valence-electron chi connectivity index (χ3n) is 3.49. The number of aromatic nitrogens is 1. The zero-order valence-electron chi connectivity index (χ0n) is 14.2. The molecule has 0 spiro atoms. The van der Waals surface area contributed by atoms with Crippen LogP contribution in [-0.2, 0) is 12.4 Å². The summed E-state index contributed by atoms with van der Waals surface area (Å²) in [7, 11) is 0. The van der Waals surface area contributed by atoms with Gasteiger partial charge < -0.3 is 26.0 Å². The highest BCUT2D eigenvalue weighted by Gasteiger charge is 2.37. The van der Waals surface area contributed by atoms with E-state index in [1.165, 1.54) is 0 Å². The van der Waals surface area contributed by atoms with Gasteiger partial charge in [-0.15, -0.1) is 0 Å². The molecular formula is C15H14F6N4O3S. The van der Waals surface area contributed by atoms with Crippen LogP contribution in [0.1, 0.15) is 16.7 Å². The lowest BCUT2D eigenvalue weighted by molar-refractivity contribution is -0.143. The number of aliphatic hydroxyl groups excluding tert-OH is 2. The number of benzene rings is 1. The molecule has 0 saturated carbocycles. The number of amidine groups is 1. The highest BCUT2D eigenvalue weighted by Crippen LogP contribution is 2.39. The van der Waals surface area contributed by atoms with Crippen LogP contribution in [0.5, 0.6) is 5.88 Å². The number of halogens is 6. The van der Waals surface area contributed by atoms with Crippen LogP contribution in [-0.4, -0.2) is 44.8 Å². The molecule has 0 aliphatic rings. The van der Waals surface area contributed by atoms with Gasteiger partial charge in [-0.05, 0) is 29.7 Å². The van der Waals surface area contributed by atoms with Gasteiger partial charge in [-0.1, -0.05) is 0 Å². The van der Waals surface area contributed by atoms with Gasteiger partial charge in [0.05, 0.1) is 23.8 Å². The smallest absolute Gasteiger partial charge is 0.416 e. The Morgan fingerprint density at radius 1 is 1.10 bits per heavy atom. The Morgan fingerprint density at radius 2 is 1.66 bits per heavy atom. The monoisotopic (exact) mass is 444 g/mol. The number of aromatic hydroxyl groups is 1. The van der Waals surface area contributed by atoms with Crippen LogP contribution < -0.4 is 10.6 Å². The van der Waals surface area contributed by atoms with E-state index in [2.05, 4.69) is 15.0 Å². The molecule has 1 atom stereocenters. The van der Waals surface area contributed by atoms with Crippen molar-refractivity contribution >= 4 is 28.1 Å². The number of hydrogen-bond donors (Lipinski definition) is 6. The van der Waals surface area contributed by atoms with Crippen LogP contribution in [0.15, 0.2) is 18.2 Å². The van der Waals surface area contributed by atoms with Crippen molar-refractivity contribution in [1.29, 1.82) is 5.41 Å². The summed E-state index contributed by atoms with van der Waals surface area (Å²) in [4.78, 5) is 0. The summed E-state index contributed by atoms with van der Waals surface area (Å²) in [5, 5.41) is 40.1. The van der Waals surface area contributed by atoms with E-state index >= 15 is 0 Å². The molecule has 0 aliphatic heterocycles. The number of aliphatic hydroxyl groups is 2. The van der Waals surface area contributed by atoms with Gasteiger partial charge in [0.15, 0.2) is 0 Å². The Labute approximate surface area is 163 Å². The van der Waals surface area contributed by atoms with Gasteiger partial charge in [-0.3, -0.25) is 5.41 Å². The first-order valence-electron chi connectivity index (χ1n) is 7.69. The molecule has 1 heterocycles. The van der Waals surface area contributed by atoms with Gasteiger partial charge in [-0.2, -0.15) is 30.7 Å². The lowest BCUT2D eigenvalue weighted by atomic mass is 10.1. The molecule has 0 fully saturated rings. The molecule has 160 valence electrons. The maximum Gasteiger partial charge on any atom is 0.416 e. The van der Waals surface area contributed by atoms with E-state index in [1.807, 2.05) is 0 Å². The number of alkyl halides is 6. The molecular weight excluding hydrogens is 430 g/mol. The highest BCUT2D eigenvalue weighted by molar-refractivity contribution is 7.11. The molecule has 0 aliphatic carbocycles. The Kier molecular flexibility index (Phi) is 6.60. The molecule has 0 amide bonds. The number of nitrogens with zero attached hydrogens (tertiary/aromatic N) is 1. The van der Waals surface area contributed by atoms with E-state index in [9.17, 15) is 36.6 Å². The molecule has 1 aromatic heterocycles. The summed E-state index contributed by atoms with van der Waals surface area (Å²) in [6.07, 6.45) is -11.3. The van der Waals surface area contributed by atoms with E-state index in [-0.39, 0.29) is 23.2 Å². The SMILES string of the molecule is N=C(NCC(O)CO)c1c(O)nsc1Nc1cc(C(F)(F)F)cc(C(F)(F)F)c1. The first-order valence-corrected chi connectivity index (χ1v) is 8.47. The van der Waals surface area contributed by atoms with Crippen LogP contribution in [0.4, 0.5) is 37.0 Å². The summed E-state index contributed by atoms with van der Waals surface area (Å²) >= 11 is 0.500. The zero-order chi connectivity index (χ0) is 22.0. The van der Waals surface area contributed by atoms with Crippen molar-refractivity contribution in [3.05, 3.63) is 34.9 Å². The fourth-order valence-electron chi connectivity index (χ4n) is 2.12. The predicted octanol–water partition coefficient (Wildman–Crippen LogP) is 2.90. The maximum absolute atomic E-state index is 13.0. The molecule has 0 radical (unpaired) electrons. The van der Waals surface area contributed by atoms with E-state index < -0.39 is 53.6 Å². The molecule has 7 nitrogen and oxygen atoms in total. The van der Waals surface area contributed by atoms with Crippen molar-refractivity contribution in [2.45, 2.75) is 18.5 Å². The van der Waals surface area contributed by atoms with Gasteiger partial charge in [-0.25, -0.2) is 0 Å². The fraction of sp³-hybridized carbons (Fsp3) is 0.333. The van der Waals surface area contributed by atoms with Crippen molar-refractivity contribution in [3.63, 3.8) is 0 Å². The Morgan fingerprint density at radius 3 is 2.14 bits per heavy atom. The van der Waals surface area contributed by atoms with Crippen LogP contribution in [0.2, 0.25) is 0 Å². The molecule has 14 heteroatoms. The van der Waals surface area contributed by atoms with Crippen LogP contribution in [0.3, 0.4) is 0 Å². The molecule has 0 bridgehead atoms. The first kappa shape index (κ1) is 22.7. The second-order valence-corrected chi connectivity index (χ2v) is 6.50. The number of hydrogen-bond acceptors (Lipinski definition) is 7. The number of rotatable bonds is 6. The summed E-state index contributed by atoms with van der Waals surface area (Å²) in [5.74, 6) is -1.22. The number of anilines is 2. The molecule has 1 aromatic carbocycles. The average molecular weight is 444 g/mol. The average Bonchev–Trinajstić information content (AvgIpc) is 2.97. The standard InChI is InChI=1S/C15H14F6N4O3S/c16-14(17,18)6-1-7(15(19,20)21)3-8(2-6)24-13-10(12(28)25-29-13)11(22)23-4-9(27)5-26/h1-3,9,24,26-27H,4-5H2,(H2,22,23)(H,25,28). The fourth-order valence-corrected chi connectivity index (χ4v) is 2.84. The maximum atomic E-state index is 13.0. The molecule has 2 rings (SSSR count).